The van der Waals surface area contributed by atoms with Gasteiger partial charge in [-0.1, -0.05) is 0 Å². The molecule has 2 rings (SSSR count). The average Bonchev–Trinajstić information content (AvgIpc) is 2.23. The Kier molecular flexibility index (Phi) is 2.71. The molecule has 1 heterocycles. The molecule has 0 aliphatic heterocycles. The number of aromatic nitrogens is 1. The van der Waals surface area contributed by atoms with E-state index in [1.54, 1.807) is 12.1 Å². The predicted molar refractivity (Wildman–Crippen MR) is 60.3 cm³/mol. The van der Waals surface area contributed by atoms with E-state index in [9.17, 15) is 9.59 Å². The number of pyridine rings is 1. The van der Waals surface area contributed by atoms with Crippen LogP contribution in [0.25, 0.3) is 0 Å². The van der Waals surface area contributed by atoms with Gasteiger partial charge in [-0.2, -0.15) is 0 Å². The molecule has 0 unspecified atom stereocenters. The summed E-state index contributed by atoms with van der Waals surface area (Å²) in [6.07, 6.45) is 3.13. The number of nitrogen functional groups attached to an aromatic ring is 1. The zero-order chi connectivity index (χ0) is 12.5. The second-order valence-electron chi connectivity index (χ2n) is 4.14. The van der Waals surface area contributed by atoms with Crippen molar-refractivity contribution in [2.24, 2.45) is 0 Å². The number of amides is 1. The normalized spacial score (nSPS) is 16.9. The van der Waals surface area contributed by atoms with Gasteiger partial charge in [0.05, 0.1) is 5.69 Å². The van der Waals surface area contributed by atoms with Crippen molar-refractivity contribution in [3.8, 4) is 0 Å². The third-order valence-electron chi connectivity index (χ3n) is 3.02. The van der Waals surface area contributed by atoms with Crippen LogP contribution in [-0.4, -0.2) is 27.5 Å². The summed E-state index contributed by atoms with van der Waals surface area (Å²) in [7, 11) is 0. The number of nitrogens with zero attached hydrogens (tertiary/aromatic N) is 1. The molecule has 4 N–H and O–H groups in total. The molecular weight excluding hydrogens is 222 g/mol. The molecule has 1 saturated carbocycles. The van der Waals surface area contributed by atoms with Crippen LogP contribution in [0.15, 0.2) is 18.3 Å². The zero-order valence-corrected chi connectivity index (χ0v) is 9.14. The number of carbonyl (C=O) groups excluding carboxylic acids is 1. The number of hydrogen-bond acceptors (Lipinski definition) is 4. The summed E-state index contributed by atoms with van der Waals surface area (Å²) < 4.78 is 0. The summed E-state index contributed by atoms with van der Waals surface area (Å²) >= 11 is 0. The smallest absolute Gasteiger partial charge is 0.329 e. The van der Waals surface area contributed by atoms with Crippen LogP contribution in [0.2, 0.25) is 0 Å². The van der Waals surface area contributed by atoms with Crippen LogP contribution in [0.1, 0.15) is 29.8 Å². The van der Waals surface area contributed by atoms with Crippen LogP contribution in [0.5, 0.6) is 0 Å². The fourth-order valence-electron chi connectivity index (χ4n) is 1.81. The zero-order valence-electron chi connectivity index (χ0n) is 9.14. The summed E-state index contributed by atoms with van der Waals surface area (Å²) in [5.74, 6) is -1.54. The van der Waals surface area contributed by atoms with Crippen molar-refractivity contribution in [1.29, 1.82) is 0 Å². The highest BCUT2D eigenvalue weighted by molar-refractivity contribution is 6.00. The molecule has 0 bridgehead atoms. The average molecular weight is 235 g/mol. The van der Waals surface area contributed by atoms with E-state index in [0.717, 1.165) is 6.42 Å². The van der Waals surface area contributed by atoms with Crippen LogP contribution in [0, 0.1) is 0 Å². The van der Waals surface area contributed by atoms with Gasteiger partial charge in [-0.25, -0.2) is 9.78 Å². The first-order valence-corrected chi connectivity index (χ1v) is 5.31. The number of carboxylic acids is 1. The van der Waals surface area contributed by atoms with Crippen LogP contribution in [0.4, 0.5) is 5.69 Å². The van der Waals surface area contributed by atoms with Crippen molar-refractivity contribution in [2.45, 2.75) is 24.8 Å². The minimum absolute atomic E-state index is 0.0695. The Morgan fingerprint density at radius 3 is 2.65 bits per heavy atom. The van der Waals surface area contributed by atoms with Gasteiger partial charge in [0.15, 0.2) is 5.69 Å². The summed E-state index contributed by atoms with van der Waals surface area (Å²) in [6.45, 7) is 0. The van der Waals surface area contributed by atoms with E-state index in [-0.39, 0.29) is 11.4 Å². The van der Waals surface area contributed by atoms with Gasteiger partial charge in [0.1, 0.15) is 5.54 Å². The molecule has 0 spiro atoms. The SMILES string of the molecule is Nc1cccnc1C(=O)NC1(C(=O)O)CCC1. The van der Waals surface area contributed by atoms with Crippen LogP contribution < -0.4 is 11.1 Å². The van der Waals surface area contributed by atoms with E-state index in [2.05, 4.69) is 10.3 Å². The van der Waals surface area contributed by atoms with Crippen molar-refractivity contribution >= 4 is 17.6 Å². The molecule has 0 saturated heterocycles. The van der Waals surface area contributed by atoms with Crippen LogP contribution >= 0.6 is 0 Å². The topological polar surface area (TPSA) is 105 Å². The van der Waals surface area contributed by atoms with E-state index in [1.807, 2.05) is 0 Å². The van der Waals surface area contributed by atoms with Crippen molar-refractivity contribution in [2.75, 3.05) is 5.73 Å². The van der Waals surface area contributed by atoms with Gasteiger partial charge in [0.2, 0.25) is 0 Å². The number of rotatable bonds is 3. The van der Waals surface area contributed by atoms with Gasteiger partial charge in [0.25, 0.3) is 5.91 Å². The Hall–Kier alpha value is -2.11. The predicted octanol–water partition coefficient (Wildman–Crippen LogP) is 0.401. The summed E-state index contributed by atoms with van der Waals surface area (Å²) in [5, 5.41) is 11.6. The van der Waals surface area contributed by atoms with E-state index in [4.69, 9.17) is 10.8 Å². The quantitative estimate of drug-likeness (QED) is 0.703. The number of carbonyl (C=O) groups is 2. The minimum Gasteiger partial charge on any atom is -0.480 e. The molecule has 1 amide bonds. The van der Waals surface area contributed by atoms with Crippen molar-refractivity contribution < 1.29 is 14.7 Å². The minimum atomic E-state index is -1.14. The lowest BCUT2D eigenvalue weighted by molar-refractivity contribution is -0.148. The summed E-state index contributed by atoms with van der Waals surface area (Å²) in [6, 6.07) is 3.17. The maximum Gasteiger partial charge on any atom is 0.329 e. The fourth-order valence-corrected chi connectivity index (χ4v) is 1.81. The Balaban J connectivity index is 2.17. The van der Waals surface area contributed by atoms with Crippen molar-refractivity contribution in [3.05, 3.63) is 24.0 Å². The monoisotopic (exact) mass is 235 g/mol. The lowest BCUT2D eigenvalue weighted by Crippen LogP contribution is -2.59. The lowest BCUT2D eigenvalue weighted by atomic mass is 9.76. The van der Waals surface area contributed by atoms with Crippen LogP contribution in [0.3, 0.4) is 0 Å². The highest BCUT2D eigenvalue weighted by Gasteiger charge is 2.46. The largest absolute Gasteiger partial charge is 0.480 e. The molecule has 90 valence electrons. The number of carboxylic acid groups (broad SMARTS) is 1. The molecule has 17 heavy (non-hydrogen) atoms. The molecule has 6 nitrogen and oxygen atoms in total. The Bertz CT molecular complexity index is 469. The number of nitrogens with two attached hydrogens (primary N) is 1. The Labute approximate surface area is 97.8 Å². The molecule has 1 fully saturated rings. The second-order valence-corrected chi connectivity index (χ2v) is 4.14. The van der Waals surface area contributed by atoms with Crippen molar-refractivity contribution in [1.82, 2.24) is 10.3 Å². The standard InChI is InChI=1S/C11H13N3O3/c12-7-3-1-6-13-8(7)9(15)14-11(10(16)17)4-2-5-11/h1,3,6H,2,4-5,12H2,(H,14,15)(H,16,17). The molecule has 1 aliphatic carbocycles. The van der Waals surface area contributed by atoms with Gasteiger partial charge in [-0.05, 0) is 31.4 Å². The number of aliphatic carboxylic acids is 1. The number of anilines is 1. The van der Waals surface area contributed by atoms with Gasteiger partial charge in [0, 0.05) is 6.20 Å². The van der Waals surface area contributed by atoms with Crippen molar-refractivity contribution in [3.63, 3.8) is 0 Å². The number of hydrogen-bond donors (Lipinski definition) is 3. The molecule has 1 aromatic rings. The first kappa shape index (κ1) is 11.4. The Morgan fingerprint density at radius 1 is 1.47 bits per heavy atom. The fraction of sp³-hybridized carbons (Fsp3) is 0.364. The van der Waals surface area contributed by atoms with Gasteiger partial charge >= 0.3 is 5.97 Å². The second kappa shape index (κ2) is 4.04. The molecular formula is C11H13N3O3. The summed E-state index contributed by atoms with van der Waals surface area (Å²) in [5.41, 5.74) is 4.78. The molecule has 0 atom stereocenters. The lowest BCUT2D eigenvalue weighted by Gasteiger charge is -2.38. The molecule has 0 aromatic carbocycles. The Morgan fingerprint density at radius 2 is 2.18 bits per heavy atom. The van der Waals surface area contributed by atoms with Crippen LogP contribution in [-0.2, 0) is 4.79 Å². The van der Waals surface area contributed by atoms with Gasteiger partial charge in [-0.3, -0.25) is 4.79 Å². The number of nitrogens with one attached hydrogen (secondary N) is 1. The molecule has 0 radical (unpaired) electrons. The maximum absolute atomic E-state index is 11.9. The third-order valence-corrected chi connectivity index (χ3v) is 3.02. The molecule has 1 aromatic heterocycles. The van der Waals surface area contributed by atoms with E-state index >= 15 is 0 Å². The van der Waals surface area contributed by atoms with Gasteiger partial charge < -0.3 is 16.2 Å². The van der Waals surface area contributed by atoms with E-state index in [0.29, 0.717) is 12.8 Å². The maximum atomic E-state index is 11.9. The highest BCUT2D eigenvalue weighted by atomic mass is 16.4. The first-order chi connectivity index (χ1) is 8.05. The molecule has 1 aliphatic rings. The van der Waals surface area contributed by atoms with Gasteiger partial charge in [-0.15, -0.1) is 0 Å². The first-order valence-electron chi connectivity index (χ1n) is 5.31. The third kappa shape index (κ3) is 1.93. The molecule has 6 heteroatoms. The highest BCUT2D eigenvalue weighted by Crippen LogP contribution is 2.32. The van der Waals surface area contributed by atoms with E-state index in [1.165, 1.54) is 6.20 Å². The summed E-state index contributed by atoms with van der Waals surface area (Å²) in [4.78, 5) is 26.8. The van der Waals surface area contributed by atoms with E-state index < -0.39 is 17.4 Å².